The lowest BCUT2D eigenvalue weighted by atomic mass is 10.1. The van der Waals surface area contributed by atoms with Crippen LogP contribution in [0.3, 0.4) is 0 Å². The number of hydrogen-bond donors (Lipinski definition) is 2. The largest absolute Gasteiger partial charge is 0.493 e. The highest BCUT2D eigenvalue weighted by Gasteiger charge is 2.23. The smallest absolute Gasteiger partial charge is 0.409 e. The number of hydrogen-bond acceptors (Lipinski definition) is 6. The van der Waals surface area contributed by atoms with Crippen LogP contribution in [0.15, 0.2) is 18.2 Å². The van der Waals surface area contributed by atoms with Crippen molar-refractivity contribution < 1.29 is 23.8 Å². The zero-order valence-electron chi connectivity index (χ0n) is 15.5. The summed E-state index contributed by atoms with van der Waals surface area (Å²) in [4.78, 5) is 25.5. The van der Waals surface area contributed by atoms with Gasteiger partial charge in [-0.1, -0.05) is 0 Å². The first kappa shape index (κ1) is 19.8. The fourth-order valence-electron chi connectivity index (χ4n) is 2.84. The summed E-state index contributed by atoms with van der Waals surface area (Å²) in [5.74, 6) is 1.03. The molecule has 2 N–H and O–H groups in total. The third kappa shape index (κ3) is 5.52. The second-order valence-corrected chi connectivity index (χ2v) is 5.96. The van der Waals surface area contributed by atoms with Crippen molar-refractivity contribution in [2.45, 2.75) is 25.8 Å². The highest BCUT2D eigenvalue weighted by molar-refractivity contribution is 5.92. The van der Waals surface area contributed by atoms with Crippen LogP contribution in [0.5, 0.6) is 11.5 Å². The van der Waals surface area contributed by atoms with E-state index >= 15 is 0 Å². The van der Waals surface area contributed by atoms with E-state index in [2.05, 4.69) is 10.6 Å². The Labute approximate surface area is 153 Å². The van der Waals surface area contributed by atoms with Crippen LogP contribution in [0.2, 0.25) is 0 Å². The average molecular weight is 365 g/mol. The molecule has 2 amide bonds. The minimum absolute atomic E-state index is 0.134. The number of rotatable bonds is 7. The zero-order chi connectivity index (χ0) is 18.9. The standard InChI is InChI=1S/C18H27N3O5/c1-4-26-18(23)21-9-7-13(8-10-21)19-12-17(22)20-14-5-6-15(24-2)16(11-14)25-3/h5-6,11,13,19H,4,7-10,12H2,1-3H3,(H,20,22). The quantitative estimate of drug-likeness (QED) is 0.767. The predicted octanol–water partition coefficient (Wildman–Crippen LogP) is 1.85. The Balaban J connectivity index is 1.75. The van der Waals surface area contributed by atoms with E-state index < -0.39 is 0 Å². The van der Waals surface area contributed by atoms with E-state index in [0.717, 1.165) is 12.8 Å². The van der Waals surface area contributed by atoms with Gasteiger partial charge in [0.2, 0.25) is 5.91 Å². The zero-order valence-corrected chi connectivity index (χ0v) is 15.5. The van der Waals surface area contributed by atoms with Gasteiger partial charge in [0, 0.05) is 30.9 Å². The summed E-state index contributed by atoms with van der Waals surface area (Å²) in [5, 5.41) is 6.07. The molecule has 26 heavy (non-hydrogen) atoms. The molecule has 1 aliphatic rings. The summed E-state index contributed by atoms with van der Waals surface area (Å²) < 4.78 is 15.4. The molecule has 0 aliphatic carbocycles. The number of ether oxygens (including phenoxy) is 3. The van der Waals surface area contributed by atoms with Gasteiger partial charge in [0.1, 0.15) is 0 Å². The van der Waals surface area contributed by atoms with Crippen molar-refractivity contribution in [3.63, 3.8) is 0 Å². The molecule has 0 atom stereocenters. The fraction of sp³-hybridized carbons (Fsp3) is 0.556. The van der Waals surface area contributed by atoms with Crippen molar-refractivity contribution in [1.82, 2.24) is 10.2 Å². The Morgan fingerprint density at radius 3 is 2.46 bits per heavy atom. The Kier molecular flexibility index (Phi) is 7.53. The third-order valence-corrected chi connectivity index (χ3v) is 4.24. The van der Waals surface area contributed by atoms with E-state index in [1.54, 1.807) is 44.2 Å². The molecule has 0 unspecified atom stereocenters. The summed E-state index contributed by atoms with van der Waals surface area (Å²) in [7, 11) is 3.11. The third-order valence-electron chi connectivity index (χ3n) is 4.24. The number of nitrogens with zero attached hydrogens (tertiary/aromatic N) is 1. The highest BCUT2D eigenvalue weighted by atomic mass is 16.6. The second kappa shape index (κ2) is 9.86. The van der Waals surface area contributed by atoms with Crippen LogP contribution in [0.1, 0.15) is 19.8 Å². The van der Waals surface area contributed by atoms with E-state index in [9.17, 15) is 9.59 Å². The maximum absolute atomic E-state index is 12.1. The SMILES string of the molecule is CCOC(=O)N1CCC(NCC(=O)Nc2ccc(OC)c(OC)c2)CC1. The first-order chi connectivity index (χ1) is 12.6. The van der Waals surface area contributed by atoms with Crippen molar-refractivity contribution in [2.24, 2.45) is 0 Å². The number of methoxy groups -OCH3 is 2. The minimum atomic E-state index is -0.267. The van der Waals surface area contributed by atoms with Gasteiger partial charge in [-0.2, -0.15) is 0 Å². The Bertz CT molecular complexity index is 615. The van der Waals surface area contributed by atoms with Crippen molar-refractivity contribution in [1.29, 1.82) is 0 Å². The summed E-state index contributed by atoms with van der Waals surface area (Å²) in [6.45, 7) is 3.65. The van der Waals surface area contributed by atoms with Crippen molar-refractivity contribution in [3.8, 4) is 11.5 Å². The molecule has 0 bridgehead atoms. The van der Waals surface area contributed by atoms with Crippen LogP contribution < -0.4 is 20.1 Å². The molecule has 1 fully saturated rings. The summed E-state index contributed by atoms with van der Waals surface area (Å²) >= 11 is 0. The van der Waals surface area contributed by atoms with Gasteiger partial charge in [-0.25, -0.2) is 4.79 Å². The topological polar surface area (TPSA) is 89.1 Å². The highest BCUT2D eigenvalue weighted by Crippen LogP contribution is 2.29. The summed E-state index contributed by atoms with van der Waals surface area (Å²) in [6, 6.07) is 5.43. The van der Waals surface area contributed by atoms with Gasteiger partial charge in [0.15, 0.2) is 11.5 Å². The maximum Gasteiger partial charge on any atom is 0.409 e. The molecule has 1 heterocycles. The Morgan fingerprint density at radius 2 is 1.85 bits per heavy atom. The van der Waals surface area contributed by atoms with Gasteiger partial charge in [0.05, 0.1) is 27.4 Å². The van der Waals surface area contributed by atoms with Gasteiger partial charge in [-0.15, -0.1) is 0 Å². The Hall–Kier alpha value is -2.48. The molecule has 1 saturated heterocycles. The van der Waals surface area contributed by atoms with Crippen LogP contribution in [0.25, 0.3) is 0 Å². The van der Waals surface area contributed by atoms with E-state index in [-0.39, 0.29) is 24.6 Å². The van der Waals surface area contributed by atoms with E-state index in [4.69, 9.17) is 14.2 Å². The van der Waals surface area contributed by atoms with Crippen LogP contribution in [-0.4, -0.2) is 63.4 Å². The van der Waals surface area contributed by atoms with Gasteiger partial charge in [-0.3, -0.25) is 4.79 Å². The molecule has 0 radical (unpaired) electrons. The molecule has 1 aromatic rings. The molecule has 2 rings (SSSR count). The van der Waals surface area contributed by atoms with E-state index in [1.165, 1.54) is 0 Å². The molecule has 8 nitrogen and oxygen atoms in total. The van der Waals surface area contributed by atoms with Gasteiger partial charge in [0.25, 0.3) is 0 Å². The van der Waals surface area contributed by atoms with E-state index in [1.807, 2.05) is 0 Å². The van der Waals surface area contributed by atoms with Crippen molar-refractivity contribution in [3.05, 3.63) is 18.2 Å². The number of amides is 2. The molecule has 1 aliphatic heterocycles. The molecule has 1 aromatic carbocycles. The minimum Gasteiger partial charge on any atom is -0.493 e. The predicted molar refractivity (Wildman–Crippen MR) is 97.8 cm³/mol. The van der Waals surface area contributed by atoms with Crippen LogP contribution in [-0.2, 0) is 9.53 Å². The molecular weight excluding hydrogens is 338 g/mol. The molecule has 0 saturated carbocycles. The second-order valence-electron chi connectivity index (χ2n) is 5.96. The number of likely N-dealkylation sites (tertiary alicyclic amines) is 1. The van der Waals surface area contributed by atoms with Crippen molar-refractivity contribution in [2.75, 3.05) is 45.8 Å². The normalized spacial score (nSPS) is 14.7. The number of piperidine rings is 1. The first-order valence-electron chi connectivity index (χ1n) is 8.74. The lowest BCUT2D eigenvalue weighted by Gasteiger charge is -2.31. The lowest BCUT2D eigenvalue weighted by Crippen LogP contribution is -2.46. The summed E-state index contributed by atoms with van der Waals surface area (Å²) in [5.41, 5.74) is 0.645. The van der Waals surface area contributed by atoms with Crippen LogP contribution in [0.4, 0.5) is 10.5 Å². The Morgan fingerprint density at radius 1 is 1.15 bits per heavy atom. The van der Waals surface area contributed by atoms with Crippen molar-refractivity contribution >= 4 is 17.7 Å². The lowest BCUT2D eigenvalue weighted by molar-refractivity contribution is -0.115. The number of carbonyl (C=O) groups excluding carboxylic acids is 2. The monoisotopic (exact) mass is 365 g/mol. The van der Waals surface area contributed by atoms with Crippen LogP contribution >= 0.6 is 0 Å². The first-order valence-corrected chi connectivity index (χ1v) is 8.74. The molecule has 8 heteroatoms. The molecule has 0 spiro atoms. The molecular formula is C18H27N3O5. The maximum atomic E-state index is 12.1. The van der Waals surface area contributed by atoms with Gasteiger partial charge >= 0.3 is 6.09 Å². The number of carbonyl (C=O) groups is 2. The summed E-state index contributed by atoms with van der Waals surface area (Å²) in [6.07, 6.45) is 1.32. The van der Waals surface area contributed by atoms with Gasteiger partial charge in [-0.05, 0) is 31.9 Å². The van der Waals surface area contributed by atoms with Gasteiger partial charge < -0.3 is 29.7 Å². The number of benzene rings is 1. The fourth-order valence-corrected chi connectivity index (χ4v) is 2.84. The van der Waals surface area contributed by atoms with Crippen LogP contribution in [0, 0.1) is 0 Å². The average Bonchev–Trinajstić information content (AvgIpc) is 2.66. The number of anilines is 1. The number of nitrogens with one attached hydrogen (secondary N) is 2. The van der Waals surface area contributed by atoms with E-state index in [0.29, 0.717) is 36.9 Å². The molecule has 0 aromatic heterocycles. The molecule has 144 valence electrons.